The van der Waals surface area contributed by atoms with Gasteiger partial charge in [-0.15, -0.1) is 11.3 Å². The summed E-state index contributed by atoms with van der Waals surface area (Å²) >= 11 is 1.65. The monoisotopic (exact) mass is 200 g/mol. The summed E-state index contributed by atoms with van der Waals surface area (Å²) in [6, 6.07) is 0. The predicted molar refractivity (Wildman–Crippen MR) is 54.9 cm³/mol. The Hall–Kier alpha value is -0.450. The number of hydrogen-bond donors (Lipinski definition) is 2. The average molecular weight is 200 g/mol. The first-order valence-corrected chi connectivity index (χ1v) is 5.18. The van der Waals surface area contributed by atoms with Crippen LogP contribution in [-0.2, 0) is 6.54 Å². The number of nitrogens with one attached hydrogen (secondary N) is 1. The van der Waals surface area contributed by atoms with E-state index in [-0.39, 0.29) is 12.1 Å². The van der Waals surface area contributed by atoms with Crippen molar-refractivity contribution < 1.29 is 5.11 Å². The predicted octanol–water partition coefficient (Wildman–Crippen LogP) is 1.31. The number of rotatable bonds is 4. The molecule has 0 amide bonds. The van der Waals surface area contributed by atoms with Gasteiger partial charge < -0.3 is 10.4 Å². The van der Waals surface area contributed by atoms with Crippen molar-refractivity contribution in [3.8, 4) is 0 Å². The molecule has 13 heavy (non-hydrogen) atoms. The van der Waals surface area contributed by atoms with Crippen LogP contribution in [0.2, 0.25) is 0 Å². The van der Waals surface area contributed by atoms with Gasteiger partial charge in [0.05, 0.1) is 6.61 Å². The highest BCUT2D eigenvalue weighted by Gasteiger charge is 2.15. The molecule has 0 aromatic carbocycles. The van der Waals surface area contributed by atoms with Gasteiger partial charge in [-0.2, -0.15) is 0 Å². The molecule has 0 saturated carbocycles. The molecule has 0 unspecified atom stereocenters. The first-order chi connectivity index (χ1) is 6.03. The van der Waals surface area contributed by atoms with Gasteiger partial charge >= 0.3 is 0 Å². The summed E-state index contributed by atoms with van der Waals surface area (Å²) in [4.78, 5) is 4.32. The Balaban J connectivity index is 2.43. The molecule has 4 heteroatoms. The zero-order chi connectivity index (χ0) is 9.90. The largest absolute Gasteiger partial charge is 0.394 e. The standard InChI is InChI=1S/C9H16N2OS/c1-7-5-13-8(11-7)4-10-9(2,3)6-12/h5,10,12H,4,6H2,1-3H3. The van der Waals surface area contributed by atoms with Gasteiger partial charge in [0.2, 0.25) is 0 Å². The molecular weight excluding hydrogens is 184 g/mol. The molecule has 1 aromatic rings. The third-order valence-corrected chi connectivity index (χ3v) is 2.75. The molecule has 74 valence electrons. The summed E-state index contributed by atoms with van der Waals surface area (Å²) in [5.41, 5.74) is 0.836. The summed E-state index contributed by atoms with van der Waals surface area (Å²) in [7, 11) is 0. The van der Waals surface area contributed by atoms with Crippen molar-refractivity contribution in [2.24, 2.45) is 0 Å². The van der Waals surface area contributed by atoms with E-state index in [0.717, 1.165) is 17.2 Å². The lowest BCUT2D eigenvalue weighted by Crippen LogP contribution is -2.42. The topological polar surface area (TPSA) is 45.1 Å². The summed E-state index contributed by atoms with van der Waals surface area (Å²) < 4.78 is 0. The van der Waals surface area contributed by atoms with E-state index >= 15 is 0 Å². The molecule has 0 atom stereocenters. The first-order valence-electron chi connectivity index (χ1n) is 4.30. The Kier molecular flexibility index (Phi) is 3.41. The smallest absolute Gasteiger partial charge is 0.107 e. The Morgan fingerprint density at radius 2 is 2.31 bits per heavy atom. The van der Waals surface area contributed by atoms with Crippen molar-refractivity contribution in [2.45, 2.75) is 32.9 Å². The Morgan fingerprint density at radius 3 is 2.77 bits per heavy atom. The van der Waals surface area contributed by atoms with Crippen molar-refractivity contribution >= 4 is 11.3 Å². The molecule has 2 N–H and O–H groups in total. The second-order valence-electron chi connectivity index (χ2n) is 3.78. The van der Waals surface area contributed by atoms with Crippen LogP contribution in [0.3, 0.4) is 0 Å². The maximum absolute atomic E-state index is 9.00. The van der Waals surface area contributed by atoms with Crippen LogP contribution in [0.15, 0.2) is 5.38 Å². The molecule has 0 bridgehead atoms. The molecule has 0 fully saturated rings. The molecular formula is C9H16N2OS. The molecule has 1 aromatic heterocycles. The lowest BCUT2D eigenvalue weighted by atomic mass is 10.1. The molecule has 1 heterocycles. The van der Waals surface area contributed by atoms with Gasteiger partial charge in [0, 0.05) is 23.2 Å². The number of aromatic nitrogens is 1. The van der Waals surface area contributed by atoms with E-state index in [1.54, 1.807) is 11.3 Å². The van der Waals surface area contributed by atoms with Crippen LogP contribution in [0.5, 0.6) is 0 Å². The number of hydrogen-bond acceptors (Lipinski definition) is 4. The van der Waals surface area contributed by atoms with Crippen LogP contribution in [0.1, 0.15) is 24.5 Å². The van der Waals surface area contributed by atoms with Crippen LogP contribution >= 0.6 is 11.3 Å². The minimum atomic E-state index is -0.223. The number of aliphatic hydroxyl groups is 1. The number of aryl methyl sites for hydroxylation is 1. The van der Waals surface area contributed by atoms with Gasteiger partial charge in [0.15, 0.2) is 0 Å². The van der Waals surface area contributed by atoms with Crippen molar-refractivity contribution in [3.63, 3.8) is 0 Å². The van der Waals surface area contributed by atoms with E-state index < -0.39 is 0 Å². The highest BCUT2D eigenvalue weighted by molar-refractivity contribution is 7.09. The maximum Gasteiger partial charge on any atom is 0.107 e. The summed E-state index contributed by atoms with van der Waals surface area (Å²) in [6.45, 7) is 6.78. The maximum atomic E-state index is 9.00. The van der Waals surface area contributed by atoms with E-state index in [4.69, 9.17) is 5.11 Å². The second kappa shape index (κ2) is 4.17. The normalized spacial score (nSPS) is 12.0. The molecule has 0 aliphatic heterocycles. The van der Waals surface area contributed by atoms with Gasteiger partial charge in [0.25, 0.3) is 0 Å². The van der Waals surface area contributed by atoms with Crippen molar-refractivity contribution in [2.75, 3.05) is 6.61 Å². The van der Waals surface area contributed by atoms with Gasteiger partial charge in [-0.25, -0.2) is 4.98 Å². The van der Waals surface area contributed by atoms with E-state index in [2.05, 4.69) is 10.3 Å². The van der Waals surface area contributed by atoms with Crippen molar-refractivity contribution in [1.29, 1.82) is 0 Å². The minimum absolute atomic E-state index is 0.136. The zero-order valence-corrected chi connectivity index (χ0v) is 9.11. The van der Waals surface area contributed by atoms with E-state index in [9.17, 15) is 0 Å². The Labute approximate surface area is 82.8 Å². The summed E-state index contributed by atoms with van der Waals surface area (Å²) in [5, 5.41) is 15.3. The highest BCUT2D eigenvalue weighted by Crippen LogP contribution is 2.10. The SMILES string of the molecule is Cc1csc(CNC(C)(C)CO)n1. The molecule has 0 saturated heterocycles. The quantitative estimate of drug-likeness (QED) is 0.770. The number of thiazole rings is 1. The van der Waals surface area contributed by atoms with E-state index in [1.165, 1.54) is 0 Å². The van der Waals surface area contributed by atoms with Crippen molar-refractivity contribution in [3.05, 3.63) is 16.1 Å². The van der Waals surface area contributed by atoms with Crippen LogP contribution < -0.4 is 5.32 Å². The second-order valence-corrected chi connectivity index (χ2v) is 4.72. The molecule has 0 spiro atoms. The third kappa shape index (κ3) is 3.42. The fourth-order valence-electron chi connectivity index (χ4n) is 0.855. The molecule has 1 rings (SSSR count). The third-order valence-electron chi connectivity index (χ3n) is 1.78. The van der Waals surface area contributed by atoms with Gasteiger partial charge in [-0.1, -0.05) is 0 Å². The minimum Gasteiger partial charge on any atom is -0.394 e. The fourth-order valence-corrected chi connectivity index (χ4v) is 1.57. The number of aliphatic hydroxyl groups excluding tert-OH is 1. The zero-order valence-electron chi connectivity index (χ0n) is 8.29. The lowest BCUT2D eigenvalue weighted by Gasteiger charge is -2.22. The van der Waals surface area contributed by atoms with Crippen molar-refractivity contribution in [1.82, 2.24) is 10.3 Å². The molecule has 3 nitrogen and oxygen atoms in total. The van der Waals surface area contributed by atoms with E-state index in [0.29, 0.717) is 0 Å². The average Bonchev–Trinajstić information content (AvgIpc) is 2.48. The fraction of sp³-hybridized carbons (Fsp3) is 0.667. The van der Waals surface area contributed by atoms with Gasteiger partial charge in [-0.05, 0) is 20.8 Å². The highest BCUT2D eigenvalue weighted by atomic mass is 32.1. The summed E-state index contributed by atoms with van der Waals surface area (Å²) in [5.74, 6) is 0. The Morgan fingerprint density at radius 1 is 1.62 bits per heavy atom. The first kappa shape index (κ1) is 10.6. The molecule has 0 aliphatic carbocycles. The van der Waals surface area contributed by atoms with Crippen LogP contribution in [0.4, 0.5) is 0 Å². The van der Waals surface area contributed by atoms with Crippen LogP contribution in [0.25, 0.3) is 0 Å². The van der Waals surface area contributed by atoms with Crippen LogP contribution in [-0.4, -0.2) is 22.2 Å². The lowest BCUT2D eigenvalue weighted by molar-refractivity contribution is 0.187. The Bertz CT molecular complexity index is 270. The summed E-state index contributed by atoms with van der Waals surface area (Å²) in [6.07, 6.45) is 0. The van der Waals surface area contributed by atoms with Gasteiger partial charge in [-0.3, -0.25) is 0 Å². The van der Waals surface area contributed by atoms with E-state index in [1.807, 2.05) is 26.2 Å². The molecule has 0 radical (unpaired) electrons. The van der Waals surface area contributed by atoms with Crippen LogP contribution in [0, 0.1) is 6.92 Å². The number of nitrogens with zero attached hydrogens (tertiary/aromatic N) is 1. The molecule has 0 aliphatic rings. The van der Waals surface area contributed by atoms with Gasteiger partial charge in [0.1, 0.15) is 5.01 Å².